The minimum atomic E-state index is -0.109. The number of carbonyl (C=O) groups is 2. The Labute approximate surface area is 389 Å². The summed E-state index contributed by atoms with van der Waals surface area (Å²) in [4.78, 5) is 38.5. The Bertz CT molecular complexity index is 1450. The minimum Gasteiger partial charge on any atom is -0.378 e. The number of unbranched alkanes of at least 4 members (excludes halogenated alkanes) is 18. The molecular formula is C54H88N4O6. The van der Waals surface area contributed by atoms with Crippen LogP contribution in [-0.4, -0.2) is 140 Å². The molecule has 64 heavy (non-hydrogen) atoms. The molecule has 0 spiro atoms. The topological polar surface area (TPSA) is 84.0 Å². The highest BCUT2D eigenvalue weighted by Gasteiger charge is 2.36. The fourth-order valence-corrected chi connectivity index (χ4v) is 9.64. The van der Waals surface area contributed by atoms with Gasteiger partial charge in [-0.3, -0.25) is 19.4 Å². The van der Waals surface area contributed by atoms with Crippen molar-refractivity contribution in [2.45, 2.75) is 142 Å². The van der Waals surface area contributed by atoms with E-state index in [1.54, 1.807) is 12.1 Å². The molecule has 2 saturated heterocycles. The smallest absolute Gasteiger partial charge is 0.198 e. The van der Waals surface area contributed by atoms with Gasteiger partial charge < -0.3 is 28.7 Å². The molecule has 10 heteroatoms. The van der Waals surface area contributed by atoms with Crippen molar-refractivity contribution < 1.29 is 28.5 Å². The van der Waals surface area contributed by atoms with Crippen molar-refractivity contribution in [2.24, 2.45) is 0 Å². The van der Waals surface area contributed by atoms with Crippen molar-refractivity contribution in [1.29, 1.82) is 0 Å². The number of hydrogen-bond donors (Lipinski definition) is 0. The van der Waals surface area contributed by atoms with Crippen molar-refractivity contribution in [3.8, 4) is 0 Å². The van der Waals surface area contributed by atoms with Gasteiger partial charge in [-0.15, -0.1) is 0 Å². The van der Waals surface area contributed by atoms with E-state index in [1.807, 2.05) is 24.3 Å². The highest BCUT2D eigenvalue weighted by molar-refractivity contribution is 6.32. The average Bonchev–Trinajstić information content (AvgIpc) is 3.30. The van der Waals surface area contributed by atoms with Gasteiger partial charge >= 0.3 is 0 Å². The van der Waals surface area contributed by atoms with E-state index in [2.05, 4.69) is 33.4 Å². The normalized spacial score (nSPS) is 18.2. The van der Waals surface area contributed by atoms with Gasteiger partial charge in [0.15, 0.2) is 11.6 Å². The largest absolute Gasteiger partial charge is 0.378 e. The van der Waals surface area contributed by atoms with Gasteiger partial charge in [-0.05, 0) is 38.1 Å². The molecule has 2 fully saturated rings. The van der Waals surface area contributed by atoms with Crippen LogP contribution in [0.25, 0.3) is 0 Å². The zero-order valence-electron chi connectivity index (χ0n) is 40.6. The summed E-state index contributed by atoms with van der Waals surface area (Å²) in [5.74, 6) is -0.219. The summed E-state index contributed by atoms with van der Waals surface area (Å²) in [6.45, 7) is 17.5. The van der Waals surface area contributed by atoms with Crippen LogP contribution >= 0.6 is 0 Å². The van der Waals surface area contributed by atoms with Gasteiger partial charge in [0, 0.05) is 74.9 Å². The van der Waals surface area contributed by atoms with Crippen LogP contribution in [-0.2, 0) is 18.9 Å². The van der Waals surface area contributed by atoms with E-state index in [4.69, 9.17) is 18.9 Å². The van der Waals surface area contributed by atoms with Gasteiger partial charge in [0.2, 0.25) is 0 Å². The number of benzene rings is 2. The van der Waals surface area contributed by atoms with E-state index < -0.39 is 0 Å². The molecule has 0 bridgehead atoms. The summed E-state index contributed by atoms with van der Waals surface area (Å²) in [6, 6.07) is 11.4. The van der Waals surface area contributed by atoms with Gasteiger partial charge in [0.25, 0.3) is 0 Å². The first-order valence-corrected chi connectivity index (χ1v) is 26.2. The Morgan fingerprint density at radius 1 is 0.375 bits per heavy atom. The van der Waals surface area contributed by atoms with Gasteiger partial charge in [-0.1, -0.05) is 154 Å². The van der Waals surface area contributed by atoms with E-state index >= 15 is 0 Å². The third kappa shape index (κ3) is 18.1. The molecule has 2 aliphatic heterocycles. The van der Waals surface area contributed by atoms with Crippen molar-refractivity contribution in [2.75, 3.05) is 128 Å². The second kappa shape index (κ2) is 31.9. The lowest BCUT2D eigenvalue weighted by molar-refractivity contribution is 0.0702. The zero-order chi connectivity index (χ0) is 44.9. The number of ether oxygens (including phenoxy) is 4. The summed E-state index contributed by atoms with van der Waals surface area (Å²) in [6.07, 6.45) is 26.9. The molecule has 0 aromatic heterocycles. The highest BCUT2D eigenvalue weighted by Crippen LogP contribution is 2.38. The maximum absolute atomic E-state index is 14.9. The fraction of sp³-hybridized carbons (Fsp3) is 0.741. The number of fused-ring (bicyclic) bond motifs is 2. The molecule has 5 rings (SSSR count). The van der Waals surface area contributed by atoms with Crippen LogP contribution in [0.15, 0.2) is 36.4 Å². The lowest BCUT2D eigenvalue weighted by Gasteiger charge is -2.33. The third-order valence-corrected chi connectivity index (χ3v) is 13.6. The fourth-order valence-electron chi connectivity index (χ4n) is 9.64. The molecule has 0 amide bonds. The first kappa shape index (κ1) is 52.1. The van der Waals surface area contributed by atoms with Gasteiger partial charge in [-0.25, -0.2) is 0 Å². The number of carbonyl (C=O) groups excluding carboxylic acids is 2. The van der Waals surface area contributed by atoms with Crippen molar-refractivity contribution in [3.05, 3.63) is 58.7 Å². The predicted octanol–water partition coefficient (Wildman–Crippen LogP) is 10.6. The third-order valence-electron chi connectivity index (χ3n) is 13.6. The van der Waals surface area contributed by atoms with Crippen LogP contribution in [0.5, 0.6) is 0 Å². The quantitative estimate of drug-likeness (QED) is 0.0811. The van der Waals surface area contributed by atoms with E-state index in [9.17, 15) is 9.59 Å². The molecule has 2 aromatic rings. The van der Waals surface area contributed by atoms with Crippen LogP contribution in [0.2, 0.25) is 0 Å². The van der Waals surface area contributed by atoms with Crippen LogP contribution < -0.4 is 9.80 Å². The summed E-state index contributed by atoms with van der Waals surface area (Å²) >= 11 is 0. The number of hydrogen-bond acceptors (Lipinski definition) is 10. The second-order valence-corrected chi connectivity index (χ2v) is 18.5. The lowest BCUT2D eigenvalue weighted by Crippen LogP contribution is -2.38. The van der Waals surface area contributed by atoms with E-state index in [-0.39, 0.29) is 11.6 Å². The molecule has 0 saturated carbocycles. The SMILES string of the molecule is CCCCCCCCCCCCN1CCOCCN(c2cccc3c2C(=O)c2c(cccc2N2CCOCCN(CCCCCCCCCCCC)CCOCC2)C3=O)CCOCC1. The summed E-state index contributed by atoms with van der Waals surface area (Å²) in [5, 5.41) is 0. The standard InChI is InChI=1S/C54H88N4O6/c1-3-5-7-9-11-13-15-17-19-21-29-55-31-39-61-43-35-57(36-44-62-40-32-55)49-27-23-25-47-51(49)54(60)52-48(53(47)59)26-24-28-50(52)58-37-45-63-41-33-56(34-42-64-46-38-58)30-22-20-18-16-14-12-10-8-6-4-2/h23-28H,3-22,29-46H2,1-2H3. The Morgan fingerprint density at radius 3 is 1.00 bits per heavy atom. The first-order chi connectivity index (χ1) is 31.6. The maximum atomic E-state index is 14.9. The number of anilines is 2. The predicted molar refractivity (Wildman–Crippen MR) is 264 cm³/mol. The highest BCUT2D eigenvalue weighted by atomic mass is 16.5. The number of ketones is 2. The Kier molecular flexibility index (Phi) is 26.0. The van der Waals surface area contributed by atoms with Crippen molar-refractivity contribution in [1.82, 2.24) is 9.80 Å². The van der Waals surface area contributed by atoms with Crippen LogP contribution in [0.4, 0.5) is 11.4 Å². The molecule has 360 valence electrons. The molecule has 2 aromatic carbocycles. The molecule has 0 N–H and O–H groups in total. The van der Waals surface area contributed by atoms with Gasteiger partial charge in [0.05, 0.1) is 64.0 Å². The molecule has 0 radical (unpaired) electrons. The van der Waals surface area contributed by atoms with E-state index in [1.165, 1.54) is 128 Å². The van der Waals surface area contributed by atoms with Crippen LogP contribution in [0.3, 0.4) is 0 Å². The van der Waals surface area contributed by atoms with Crippen LogP contribution in [0, 0.1) is 0 Å². The lowest BCUT2D eigenvalue weighted by atomic mass is 9.82. The Hall–Kier alpha value is -2.86. The second-order valence-electron chi connectivity index (χ2n) is 18.5. The maximum Gasteiger partial charge on any atom is 0.198 e. The number of nitrogens with zero attached hydrogens (tertiary/aromatic N) is 4. The first-order valence-electron chi connectivity index (χ1n) is 26.2. The number of rotatable bonds is 24. The van der Waals surface area contributed by atoms with Gasteiger partial charge in [0.1, 0.15) is 0 Å². The van der Waals surface area contributed by atoms with Gasteiger partial charge in [-0.2, -0.15) is 0 Å². The molecule has 0 atom stereocenters. The molecule has 1 aliphatic carbocycles. The van der Waals surface area contributed by atoms with E-state index in [0.717, 1.165) is 50.6 Å². The molecule has 10 nitrogen and oxygen atoms in total. The monoisotopic (exact) mass is 889 g/mol. The zero-order valence-corrected chi connectivity index (χ0v) is 40.6. The summed E-state index contributed by atoms with van der Waals surface area (Å²) in [7, 11) is 0. The Balaban J connectivity index is 1.11. The van der Waals surface area contributed by atoms with Crippen LogP contribution in [0.1, 0.15) is 174 Å². The molecule has 2 heterocycles. The Morgan fingerprint density at radius 2 is 0.672 bits per heavy atom. The average molecular weight is 889 g/mol. The van der Waals surface area contributed by atoms with E-state index in [0.29, 0.717) is 101 Å². The molecule has 3 aliphatic rings. The van der Waals surface area contributed by atoms with Crippen molar-refractivity contribution >= 4 is 22.9 Å². The molecule has 0 unspecified atom stereocenters. The summed E-state index contributed by atoms with van der Waals surface area (Å²) < 4.78 is 24.9. The molecular weight excluding hydrogens is 801 g/mol. The van der Waals surface area contributed by atoms with Crippen molar-refractivity contribution in [3.63, 3.8) is 0 Å². The summed E-state index contributed by atoms with van der Waals surface area (Å²) in [5.41, 5.74) is 3.42. The minimum absolute atomic E-state index is 0.109.